The van der Waals surface area contributed by atoms with Gasteiger partial charge in [-0.25, -0.2) is 4.98 Å². The van der Waals surface area contributed by atoms with E-state index in [0.717, 1.165) is 5.56 Å². The number of nitrogens with one attached hydrogen (secondary N) is 1. The van der Waals surface area contributed by atoms with Crippen LogP contribution in [0.4, 0.5) is 5.95 Å². The quantitative estimate of drug-likeness (QED) is 0.284. The van der Waals surface area contributed by atoms with Crippen molar-refractivity contribution in [2.45, 2.75) is 0 Å². The number of amides is 2. The van der Waals surface area contributed by atoms with Gasteiger partial charge in [0.05, 0.1) is 39.3 Å². The zero-order valence-corrected chi connectivity index (χ0v) is 22.9. The molecule has 0 atom stereocenters. The number of rotatable bonds is 12. The number of anilines is 1. The second kappa shape index (κ2) is 13.3. The van der Waals surface area contributed by atoms with Crippen LogP contribution in [0.5, 0.6) is 17.2 Å². The van der Waals surface area contributed by atoms with Crippen molar-refractivity contribution in [2.75, 3.05) is 53.5 Å². The van der Waals surface area contributed by atoms with Crippen molar-refractivity contribution in [2.24, 2.45) is 0 Å². The van der Waals surface area contributed by atoms with Gasteiger partial charge in [0.15, 0.2) is 11.5 Å². The third kappa shape index (κ3) is 6.59. The normalized spacial score (nSPS) is 10.6. The van der Waals surface area contributed by atoms with Crippen molar-refractivity contribution in [1.29, 1.82) is 0 Å². The van der Waals surface area contributed by atoms with E-state index in [2.05, 4.69) is 5.32 Å². The van der Waals surface area contributed by atoms with E-state index in [-0.39, 0.29) is 25.6 Å². The van der Waals surface area contributed by atoms with Crippen LogP contribution in [0.3, 0.4) is 0 Å². The van der Waals surface area contributed by atoms with Crippen LogP contribution in [0.15, 0.2) is 79.0 Å². The molecule has 4 rings (SSSR count). The number of hydrogen-bond donors (Lipinski definition) is 1. The lowest BCUT2D eigenvalue weighted by Crippen LogP contribution is -2.40. The van der Waals surface area contributed by atoms with Crippen molar-refractivity contribution >= 4 is 17.8 Å². The number of aromatic nitrogens is 2. The number of hydrogen-bond acceptors (Lipinski definition) is 7. The average Bonchev–Trinajstić information content (AvgIpc) is 3.42. The highest BCUT2D eigenvalue weighted by Crippen LogP contribution is 2.31. The smallest absolute Gasteiger partial charge is 0.254 e. The van der Waals surface area contributed by atoms with Crippen LogP contribution in [0.1, 0.15) is 10.4 Å². The van der Waals surface area contributed by atoms with Crippen molar-refractivity contribution in [1.82, 2.24) is 14.5 Å². The van der Waals surface area contributed by atoms with Crippen LogP contribution in [0.2, 0.25) is 0 Å². The molecular weight excluding hydrogens is 512 g/mol. The largest absolute Gasteiger partial charge is 0.497 e. The summed E-state index contributed by atoms with van der Waals surface area (Å²) in [6.07, 6.45) is 1.83. The number of carbonyl (C=O) groups is 2. The summed E-state index contributed by atoms with van der Waals surface area (Å²) in [5.74, 6) is 1.32. The van der Waals surface area contributed by atoms with Crippen LogP contribution >= 0.6 is 0 Å². The summed E-state index contributed by atoms with van der Waals surface area (Å²) >= 11 is 0. The van der Waals surface area contributed by atoms with E-state index < -0.39 is 5.91 Å². The van der Waals surface area contributed by atoms with Gasteiger partial charge in [0.1, 0.15) is 12.3 Å². The van der Waals surface area contributed by atoms with Gasteiger partial charge in [-0.3, -0.25) is 19.5 Å². The summed E-state index contributed by atoms with van der Waals surface area (Å²) in [5.41, 5.74) is 2.68. The number of carbonyl (C=O) groups excluding carboxylic acids is 2. The first-order valence-electron chi connectivity index (χ1n) is 12.6. The van der Waals surface area contributed by atoms with Crippen LogP contribution < -0.4 is 19.5 Å². The van der Waals surface area contributed by atoms with Gasteiger partial charge in [-0.1, -0.05) is 30.3 Å². The first-order chi connectivity index (χ1) is 19.5. The molecule has 2 amide bonds. The summed E-state index contributed by atoms with van der Waals surface area (Å²) in [6, 6.07) is 21.8. The minimum atomic E-state index is -0.412. The van der Waals surface area contributed by atoms with E-state index in [4.69, 9.17) is 23.9 Å². The highest BCUT2D eigenvalue weighted by molar-refractivity contribution is 5.99. The molecule has 1 N–H and O–H groups in total. The monoisotopic (exact) mass is 544 g/mol. The van der Waals surface area contributed by atoms with Crippen LogP contribution in [-0.2, 0) is 9.53 Å². The molecule has 3 aromatic carbocycles. The van der Waals surface area contributed by atoms with Crippen molar-refractivity contribution < 1.29 is 28.5 Å². The highest BCUT2D eigenvalue weighted by atomic mass is 16.5. The van der Waals surface area contributed by atoms with Crippen molar-refractivity contribution in [3.63, 3.8) is 0 Å². The lowest BCUT2D eigenvalue weighted by atomic mass is 10.2. The van der Waals surface area contributed by atoms with E-state index in [0.29, 0.717) is 40.1 Å². The highest BCUT2D eigenvalue weighted by Gasteiger charge is 2.21. The molecule has 10 heteroatoms. The van der Waals surface area contributed by atoms with Gasteiger partial charge in [0.2, 0.25) is 11.9 Å². The molecule has 10 nitrogen and oxygen atoms in total. The van der Waals surface area contributed by atoms with Gasteiger partial charge in [-0.2, -0.15) is 0 Å². The first-order valence-corrected chi connectivity index (χ1v) is 12.6. The Kier molecular flexibility index (Phi) is 9.37. The Morgan fingerprint density at radius 3 is 2.25 bits per heavy atom. The molecule has 1 heterocycles. The van der Waals surface area contributed by atoms with Gasteiger partial charge in [-0.05, 0) is 36.4 Å². The summed E-state index contributed by atoms with van der Waals surface area (Å²) in [5, 5.41) is 2.88. The van der Waals surface area contributed by atoms with Crippen molar-refractivity contribution in [3.8, 4) is 34.2 Å². The maximum atomic E-state index is 13.3. The molecule has 40 heavy (non-hydrogen) atoms. The Morgan fingerprint density at radius 1 is 0.875 bits per heavy atom. The first kappa shape index (κ1) is 28.2. The summed E-state index contributed by atoms with van der Waals surface area (Å²) in [4.78, 5) is 32.7. The number of methoxy groups -OCH3 is 4. The predicted molar refractivity (Wildman–Crippen MR) is 152 cm³/mol. The Hall–Kier alpha value is -4.83. The minimum Gasteiger partial charge on any atom is -0.497 e. The number of ether oxygens (including phenoxy) is 4. The molecule has 0 fully saturated rings. The van der Waals surface area contributed by atoms with Crippen LogP contribution in [0.25, 0.3) is 16.9 Å². The third-order valence-corrected chi connectivity index (χ3v) is 6.20. The standard InChI is InChI=1S/C30H32N4O6/c1-37-17-16-33(29(36)22-10-13-24(38-2)14-11-22)20-28(35)32-30-31-25(21-8-6-5-7-9-21)19-34(30)23-12-15-26(39-3)27(18-23)40-4/h5-15,18-19H,16-17,20H2,1-4H3,(H,31,32,35). The Labute approximate surface area is 233 Å². The van der Waals surface area contributed by atoms with Gasteiger partial charge < -0.3 is 23.8 Å². The molecule has 4 aromatic rings. The molecule has 0 bridgehead atoms. The van der Waals surface area contributed by atoms with E-state index in [1.54, 1.807) is 69.4 Å². The second-order valence-corrected chi connectivity index (χ2v) is 8.72. The van der Waals surface area contributed by atoms with Gasteiger partial charge in [-0.15, -0.1) is 0 Å². The maximum absolute atomic E-state index is 13.3. The zero-order valence-electron chi connectivity index (χ0n) is 22.9. The molecular formula is C30H32N4O6. The maximum Gasteiger partial charge on any atom is 0.254 e. The molecule has 0 aliphatic rings. The zero-order chi connectivity index (χ0) is 28.5. The molecule has 0 spiro atoms. The van der Waals surface area contributed by atoms with Gasteiger partial charge in [0.25, 0.3) is 5.91 Å². The summed E-state index contributed by atoms with van der Waals surface area (Å²) < 4.78 is 23.0. The fraction of sp³-hybridized carbons (Fsp3) is 0.233. The number of nitrogens with zero attached hydrogens (tertiary/aromatic N) is 3. The minimum absolute atomic E-state index is 0.201. The third-order valence-electron chi connectivity index (χ3n) is 6.20. The molecule has 208 valence electrons. The fourth-order valence-corrected chi connectivity index (χ4v) is 4.10. The molecule has 0 aliphatic carbocycles. The van der Waals surface area contributed by atoms with E-state index in [1.807, 2.05) is 42.6 Å². The second-order valence-electron chi connectivity index (χ2n) is 8.72. The Balaban J connectivity index is 1.63. The Bertz CT molecular complexity index is 1440. The number of imidazole rings is 1. The van der Waals surface area contributed by atoms with E-state index in [9.17, 15) is 9.59 Å². The van der Waals surface area contributed by atoms with E-state index >= 15 is 0 Å². The van der Waals surface area contributed by atoms with E-state index in [1.165, 1.54) is 4.90 Å². The predicted octanol–water partition coefficient (Wildman–Crippen LogP) is 4.29. The van der Waals surface area contributed by atoms with Crippen molar-refractivity contribution in [3.05, 3.63) is 84.6 Å². The summed E-state index contributed by atoms with van der Waals surface area (Å²) in [7, 11) is 6.22. The van der Waals surface area contributed by atoms with Crippen LogP contribution in [-0.4, -0.2) is 74.4 Å². The lowest BCUT2D eigenvalue weighted by molar-refractivity contribution is -0.117. The molecule has 0 aliphatic heterocycles. The van der Waals surface area contributed by atoms with Gasteiger partial charge in [0, 0.05) is 37.0 Å². The molecule has 0 radical (unpaired) electrons. The van der Waals surface area contributed by atoms with Crippen LogP contribution in [0, 0.1) is 0 Å². The fourth-order valence-electron chi connectivity index (χ4n) is 4.10. The lowest BCUT2D eigenvalue weighted by Gasteiger charge is -2.22. The summed E-state index contributed by atoms with van der Waals surface area (Å²) in [6.45, 7) is 0.301. The Morgan fingerprint density at radius 2 is 1.60 bits per heavy atom. The molecule has 0 saturated carbocycles. The topological polar surface area (TPSA) is 104 Å². The molecule has 0 saturated heterocycles. The van der Waals surface area contributed by atoms with Gasteiger partial charge >= 0.3 is 0 Å². The SMILES string of the molecule is COCCN(CC(=O)Nc1nc(-c2ccccc2)cn1-c1ccc(OC)c(OC)c1)C(=O)c1ccc(OC)cc1. The molecule has 1 aromatic heterocycles. The number of benzene rings is 3. The molecule has 0 unspecified atom stereocenters. The average molecular weight is 545 g/mol.